The highest BCUT2D eigenvalue weighted by molar-refractivity contribution is 6.31. The van der Waals surface area contributed by atoms with Crippen molar-refractivity contribution in [3.05, 3.63) is 59.3 Å². The molecule has 0 fully saturated rings. The molecule has 3 aromatic rings. The normalized spacial score (nSPS) is 10.8. The van der Waals surface area contributed by atoms with Crippen LogP contribution in [0, 0.1) is 0 Å². The van der Waals surface area contributed by atoms with E-state index in [9.17, 15) is 4.79 Å². The van der Waals surface area contributed by atoms with Crippen molar-refractivity contribution in [3.8, 4) is 0 Å². The fraction of sp³-hybridized carbons (Fsp3) is 0.0714. The number of carboxylic acids is 1. The highest BCUT2D eigenvalue weighted by atomic mass is 35.5. The first-order valence-corrected chi connectivity index (χ1v) is 6.29. The lowest BCUT2D eigenvalue weighted by atomic mass is 10.2. The smallest absolute Gasteiger partial charge is 0.339 e. The largest absolute Gasteiger partial charge is 0.478 e. The summed E-state index contributed by atoms with van der Waals surface area (Å²) >= 11 is 5.95. The van der Waals surface area contributed by atoms with Crippen molar-refractivity contribution in [1.29, 1.82) is 0 Å². The van der Waals surface area contributed by atoms with E-state index in [4.69, 9.17) is 16.7 Å². The maximum absolute atomic E-state index is 11.2. The fourth-order valence-electron chi connectivity index (χ4n) is 2.13. The Labute approximate surface area is 119 Å². The monoisotopic (exact) mass is 287 g/mol. The molecule has 0 aliphatic rings. The van der Waals surface area contributed by atoms with Crippen LogP contribution in [0.4, 0.5) is 0 Å². The van der Waals surface area contributed by atoms with E-state index in [2.05, 4.69) is 9.97 Å². The summed E-state index contributed by atoms with van der Waals surface area (Å²) < 4.78 is 1.93. The lowest BCUT2D eigenvalue weighted by Crippen LogP contribution is -2.09. The van der Waals surface area contributed by atoms with Crippen LogP contribution in [0.15, 0.2) is 43.0 Å². The van der Waals surface area contributed by atoms with E-state index in [0.717, 1.165) is 10.9 Å². The summed E-state index contributed by atoms with van der Waals surface area (Å²) in [7, 11) is 0. The Morgan fingerprint density at radius 1 is 1.35 bits per heavy atom. The SMILES string of the molecule is O=C(O)c1cncnc1Cn1ccc2cc(Cl)ccc21. The van der Waals surface area contributed by atoms with Gasteiger partial charge in [0.05, 0.1) is 12.2 Å². The lowest BCUT2D eigenvalue weighted by molar-refractivity contribution is 0.0694. The number of carboxylic acid groups (broad SMARTS) is 1. The van der Waals surface area contributed by atoms with E-state index in [1.54, 1.807) is 6.07 Å². The van der Waals surface area contributed by atoms with Crippen LogP contribution in [0.5, 0.6) is 0 Å². The summed E-state index contributed by atoms with van der Waals surface area (Å²) in [5, 5.41) is 10.8. The van der Waals surface area contributed by atoms with Crippen molar-refractivity contribution in [3.63, 3.8) is 0 Å². The number of hydrogen-bond donors (Lipinski definition) is 1. The van der Waals surface area contributed by atoms with Gasteiger partial charge in [0, 0.05) is 28.3 Å². The summed E-state index contributed by atoms with van der Waals surface area (Å²) in [6.07, 6.45) is 4.55. The molecule has 100 valence electrons. The van der Waals surface area contributed by atoms with Gasteiger partial charge in [-0.2, -0.15) is 0 Å². The first kappa shape index (κ1) is 12.6. The number of benzene rings is 1. The number of rotatable bonds is 3. The molecule has 0 saturated heterocycles. The molecule has 2 heterocycles. The van der Waals surface area contributed by atoms with Crippen LogP contribution in [0.25, 0.3) is 10.9 Å². The van der Waals surface area contributed by atoms with Crippen LogP contribution in [0.1, 0.15) is 16.1 Å². The third-order valence-corrected chi connectivity index (χ3v) is 3.31. The Balaban J connectivity index is 2.04. The summed E-state index contributed by atoms with van der Waals surface area (Å²) in [5.74, 6) is -1.03. The van der Waals surface area contributed by atoms with E-state index < -0.39 is 5.97 Å². The maximum Gasteiger partial charge on any atom is 0.339 e. The average Bonchev–Trinajstić information content (AvgIpc) is 2.81. The van der Waals surface area contributed by atoms with Gasteiger partial charge in [0.2, 0.25) is 0 Å². The minimum Gasteiger partial charge on any atom is -0.478 e. The minimum atomic E-state index is -1.03. The first-order valence-electron chi connectivity index (χ1n) is 5.92. The Hall–Kier alpha value is -2.40. The summed E-state index contributed by atoms with van der Waals surface area (Å²) in [6, 6.07) is 7.51. The maximum atomic E-state index is 11.2. The van der Waals surface area contributed by atoms with Crippen LogP contribution in [0.2, 0.25) is 5.02 Å². The predicted octanol–water partition coefficient (Wildman–Crippen LogP) is 2.83. The molecule has 2 aromatic heterocycles. The van der Waals surface area contributed by atoms with Crippen LogP contribution in [-0.2, 0) is 6.54 Å². The number of halogens is 1. The van der Waals surface area contributed by atoms with Crippen LogP contribution >= 0.6 is 11.6 Å². The zero-order valence-corrected chi connectivity index (χ0v) is 11.1. The second kappa shape index (κ2) is 4.94. The molecule has 0 amide bonds. The van der Waals surface area contributed by atoms with Crippen LogP contribution in [0.3, 0.4) is 0 Å². The molecular weight excluding hydrogens is 278 g/mol. The third kappa shape index (κ3) is 2.23. The van der Waals surface area contributed by atoms with Crippen molar-refractivity contribution in [2.24, 2.45) is 0 Å². The number of fused-ring (bicyclic) bond motifs is 1. The van der Waals surface area contributed by atoms with Crippen molar-refractivity contribution < 1.29 is 9.90 Å². The number of carbonyl (C=O) groups is 1. The predicted molar refractivity (Wildman–Crippen MR) is 75.0 cm³/mol. The second-order valence-corrected chi connectivity index (χ2v) is 4.77. The van der Waals surface area contributed by atoms with Gasteiger partial charge in [-0.25, -0.2) is 14.8 Å². The van der Waals surface area contributed by atoms with E-state index in [1.807, 2.05) is 29.0 Å². The summed E-state index contributed by atoms with van der Waals surface area (Å²) in [4.78, 5) is 19.0. The third-order valence-electron chi connectivity index (χ3n) is 3.08. The molecule has 0 radical (unpaired) electrons. The Bertz CT molecular complexity index is 798. The number of aromatic carboxylic acids is 1. The molecule has 1 aromatic carbocycles. The molecule has 0 bridgehead atoms. The molecule has 20 heavy (non-hydrogen) atoms. The molecule has 5 nitrogen and oxygen atoms in total. The molecule has 6 heteroatoms. The van der Waals surface area contributed by atoms with E-state index in [-0.39, 0.29) is 5.56 Å². The van der Waals surface area contributed by atoms with Crippen molar-refractivity contribution in [2.45, 2.75) is 6.54 Å². The minimum absolute atomic E-state index is 0.114. The zero-order chi connectivity index (χ0) is 14.1. The first-order chi connectivity index (χ1) is 9.65. The molecule has 0 unspecified atom stereocenters. The van der Waals surface area contributed by atoms with Crippen molar-refractivity contribution >= 4 is 28.5 Å². The van der Waals surface area contributed by atoms with Crippen LogP contribution < -0.4 is 0 Å². The van der Waals surface area contributed by atoms with Crippen molar-refractivity contribution in [1.82, 2.24) is 14.5 Å². The van der Waals surface area contributed by atoms with Gasteiger partial charge in [0.1, 0.15) is 11.9 Å². The number of nitrogens with zero attached hydrogens (tertiary/aromatic N) is 3. The van der Waals surface area contributed by atoms with Gasteiger partial charge in [0.15, 0.2) is 0 Å². The molecule has 3 rings (SSSR count). The second-order valence-electron chi connectivity index (χ2n) is 4.34. The summed E-state index contributed by atoms with van der Waals surface area (Å²) in [6.45, 7) is 0.370. The van der Waals surface area contributed by atoms with E-state index in [1.165, 1.54) is 12.5 Å². The van der Waals surface area contributed by atoms with Gasteiger partial charge < -0.3 is 9.67 Å². The van der Waals surface area contributed by atoms with Gasteiger partial charge in [-0.1, -0.05) is 11.6 Å². The molecular formula is C14H10ClN3O2. The number of aromatic nitrogens is 3. The van der Waals surface area contributed by atoms with Gasteiger partial charge >= 0.3 is 5.97 Å². The molecule has 0 atom stereocenters. The Morgan fingerprint density at radius 2 is 2.20 bits per heavy atom. The van der Waals surface area contributed by atoms with Gasteiger partial charge in [-0.15, -0.1) is 0 Å². The van der Waals surface area contributed by atoms with Gasteiger partial charge in [-0.05, 0) is 24.3 Å². The molecule has 0 aliphatic heterocycles. The Kier molecular flexibility index (Phi) is 3.12. The summed E-state index contributed by atoms with van der Waals surface area (Å²) in [5.41, 5.74) is 1.56. The van der Waals surface area contributed by atoms with Crippen molar-refractivity contribution in [2.75, 3.05) is 0 Å². The Morgan fingerprint density at radius 3 is 3.00 bits per heavy atom. The standard InChI is InChI=1S/C14H10ClN3O2/c15-10-1-2-13-9(5-10)3-4-18(13)7-12-11(14(19)20)6-16-8-17-12/h1-6,8H,7H2,(H,19,20). The molecule has 1 N–H and O–H groups in total. The molecule has 0 saturated carbocycles. The average molecular weight is 288 g/mol. The van der Waals surface area contributed by atoms with E-state index >= 15 is 0 Å². The van der Waals surface area contributed by atoms with Gasteiger partial charge in [-0.3, -0.25) is 0 Å². The number of hydrogen-bond acceptors (Lipinski definition) is 3. The zero-order valence-electron chi connectivity index (χ0n) is 10.3. The van der Waals surface area contributed by atoms with Gasteiger partial charge in [0.25, 0.3) is 0 Å². The lowest BCUT2D eigenvalue weighted by Gasteiger charge is -2.07. The quantitative estimate of drug-likeness (QED) is 0.804. The molecule has 0 aliphatic carbocycles. The van der Waals surface area contributed by atoms with Crippen LogP contribution in [-0.4, -0.2) is 25.6 Å². The fourth-order valence-corrected chi connectivity index (χ4v) is 2.31. The topological polar surface area (TPSA) is 68.0 Å². The van der Waals surface area contributed by atoms with E-state index in [0.29, 0.717) is 17.3 Å². The highest BCUT2D eigenvalue weighted by Crippen LogP contribution is 2.21. The highest BCUT2D eigenvalue weighted by Gasteiger charge is 2.12. The molecule has 0 spiro atoms.